The van der Waals surface area contributed by atoms with Gasteiger partial charge < -0.3 is 5.11 Å². The predicted octanol–water partition coefficient (Wildman–Crippen LogP) is 2.68. The van der Waals surface area contributed by atoms with E-state index in [0.29, 0.717) is 0 Å². The molecule has 0 heterocycles. The number of benzene rings is 2. The van der Waals surface area contributed by atoms with E-state index in [0.717, 1.165) is 6.42 Å². The van der Waals surface area contributed by atoms with E-state index in [2.05, 4.69) is 37.3 Å². The minimum Gasteiger partial charge on any atom is -0.396 e. The molecule has 1 nitrogen and oxygen atoms in total. The Morgan fingerprint density at radius 1 is 1.07 bits per heavy atom. The monoisotopic (exact) mass is 186 g/mol. The van der Waals surface area contributed by atoms with Gasteiger partial charge in [-0.1, -0.05) is 36.4 Å². The fraction of sp³-hybridized carbons (Fsp3) is 0.231. The summed E-state index contributed by atoms with van der Waals surface area (Å²) in [5.41, 5.74) is 2.53. The molecular formula is C13H14O. The van der Waals surface area contributed by atoms with Crippen molar-refractivity contribution in [1.29, 1.82) is 0 Å². The van der Waals surface area contributed by atoms with E-state index in [1.165, 1.54) is 21.9 Å². The van der Waals surface area contributed by atoms with Gasteiger partial charge in [-0.25, -0.2) is 0 Å². The fourth-order valence-corrected chi connectivity index (χ4v) is 1.86. The number of aryl methyl sites for hydroxylation is 1. The first-order valence-corrected chi connectivity index (χ1v) is 4.91. The molecule has 0 aliphatic rings. The van der Waals surface area contributed by atoms with Crippen LogP contribution in [0.5, 0.6) is 0 Å². The summed E-state index contributed by atoms with van der Waals surface area (Å²) in [4.78, 5) is 0. The summed E-state index contributed by atoms with van der Waals surface area (Å²) in [5, 5.41) is 11.5. The number of aliphatic hydroxyl groups is 1. The molecule has 14 heavy (non-hydrogen) atoms. The molecule has 0 aliphatic carbocycles. The quantitative estimate of drug-likeness (QED) is 0.764. The lowest BCUT2D eigenvalue weighted by Crippen LogP contribution is -1.94. The Labute approximate surface area is 84.0 Å². The van der Waals surface area contributed by atoms with E-state index < -0.39 is 0 Å². The van der Waals surface area contributed by atoms with Crippen LogP contribution in [0.1, 0.15) is 11.1 Å². The smallest absolute Gasteiger partial charge is 0.0471 e. The molecule has 0 bridgehead atoms. The van der Waals surface area contributed by atoms with Crippen LogP contribution in [0.4, 0.5) is 0 Å². The van der Waals surface area contributed by atoms with E-state index in [9.17, 15) is 0 Å². The van der Waals surface area contributed by atoms with Crippen LogP contribution in [0.3, 0.4) is 0 Å². The average Bonchev–Trinajstić information content (AvgIpc) is 2.23. The highest BCUT2D eigenvalue weighted by atomic mass is 16.2. The third kappa shape index (κ3) is 1.51. The predicted molar refractivity (Wildman–Crippen MR) is 59.5 cm³/mol. The van der Waals surface area contributed by atoms with Gasteiger partial charge in [-0.05, 0) is 35.2 Å². The van der Waals surface area contributed by atoms with Crippen LogP contribution < -0.4 is 0 Å². The molecular weight excluding hydrogens is 172 g/mol. The third-order valence-corrected chi connectivity index (χ3v) is 2.69. The molecule has 0 unspecified atom stereocenters. The van der Waals surface area contributed by atoms with Gasteiger partial charge in [0.2, 0.25) is 0 Å². The first-order valence-electron chi connectivity index (χ1n) is 4.91. The summed E-state index contributed by atoms with van der Waals surface area (Å²) in [5.74, 6) is 0. The van der Waals surface area contributed by atoms with Crippen LogP contribution in [-0.2, 0) is 6.42 Å². The molecule has 0 radical (unpaired) electrons. The summed E-state index contributed by atoms with van der Waals surface area (Å²) in [6.07, 6.45) is 0.747. The van der Waals surface area contributed by atoms with Crippen LogP contribution in [-0.4, -0.2) is 11.7 Å². The maximum absolute atomic E-state index is 8.92. The first-order chi connectivity index (χ1) is 6.83. The number of fused-ring (bicyclic) bond motifs is 1. The van der Waals surface area contributed by atoms with Crippen LogP contribution in [0.25, 0.3) is 10.8 Å². The van der Waals surface area contributed by atoms with Crippen molar-refractivity contribution in [3.63, 3.8) is 0 Å². The van der Waals surface area contributed by atoms with E-state index in [1.807, 2.05) is 6.07 Å². The Kier molecular flexibility index (Phi) is 2.51. The number of aliphatic hydroxyl groups excluding tert-OH is 1. The highest BCUT2D eigenvalue weighted by molar-refractivity contribution is 5.86. The number of rotatable bonds is 2. The molecule has 2 aromatic rings. The number of hydrogen-bond donors (Lipinski definition) is 1. The molecule has 0 amide bonds. The Morgan fingerprint density at radius 3 is 2.64 bits per heavy atom. The Balaban J connectivity index is 2.63. The van der Waals surface area contributed by atoms with Gasteiger partial charge in [-0.3, -0.25) is 0 Å². The largest absolute Gasteiger partial charge is 0.396 e. The average molecular weight is 186 g/mol. The minimum absolute atomic E-state index is 0.221. The van der Waals surface area contributed by atoms with Gasteiger partial charge >= 0.3 is 0 Å². The maximum atomic E-state index is 8.92. The minimum atomic E-state index is 0.221. The van der Waals surface area contributed by atoms with Gasteiger partial charge in [0.1, 0.15) is 0 Å². The van der Waals surface area contributed by atoms with Gasteiger partial charge in [0.05, 0.1) is 0 Å². The van der Waals surface area contributed by atoms with Crippen LogP contribution >= 0.6 is 0 Å². The van der Waals surface area contributed by atoms with Gasteiger partial charge in [-0.2, -0.15) is 0 Å². The lowest BCUT2D eigenvalue weighted by molar-refractivity contribution is 0.299. The zero-order valence-electron chi connectivity index (χ0n) is 8.33. The molecule has 1 heteroatoms. The van der Waals surface area contributed by atoms with Crippen molar-refractivity contribution in [2.45, 2.75) is 13.3 Å². The standard InChI is InChI=1S/C13H14O/c1-10-11(8-9-14)6-7-12-4-2-3-5-13(10)12/h2-7,14H,8-9H2,1H3. The molecule has 0 spiro atoms. The second kappa shape index (κ2) is 3.81. The van der Waals surface area contributed by atoms with E-state index in [1.54, 1.807) is 0 Å². The summed E-state index contributed by atoms with van der Waals surface area (Å²) >= 11 is 0. The van der Waals surface area contributed by atoms with Gasteiger partial charge in [0.15, 0.2) is 0 Å². The molecule has 0 saturated heterocycles. The van der Waals surface area contributed by atoms with Crippen molar-refractivity contribution in [1.82, 2.24) is 0 Å². The van der Waals surface area contributed by atoms with Crippen molar-refractivity contribution in [3.8, 4) is 0 Å². The molecule has 0 saturated carbocycles. The molecule has 0 aromatic heterocycles. The summed E-state index contributed by atoms with van der Waals surface area (Å²) in [7, 11) is 0. The van der Waals surface area contributed by atoms with Crippen LogP contribution in [0, 0.1) is 6.92 Å². The van der Waals surface area contributed by atoms with Crippen LogP contribution in [0.15, 0.2) is 36.4 Å². The van der Waals surface area contributed by atoms with Crippen molar-refractivity contribution >= 4 is 10.8 Å². The SMILES string of the molecule is Cc1c(CCO)ccc2ccccc12. The summed E-state index contributed by atoms with van der Waals surface area (Å²) < 4.78 is 0. The topological polar surface area (TPSA) is 20.2 Å². The van der Waals surface area contributed by atoms with Gasteiger partial charge in [0.25, 0.3) is 0 Å². The number of hydrogen-bond acceptors (Lipinski definition) is 1. The summed E-state index contributed by atoms with van der Waals surface area (Å²) in [6.45, 7) is 2.34. The first kappa shape index (κ1) is 9.22. The van der Waals surface area contributed by atoms with E-state index in [4.69, 9.17) is 5.11 Å². The molecule has 0 fully saturated rings. The second-order valence-electron chi connectivity index (χ2n) is 3.54. The molecule has 2 rings (SSSR count). The highest BCUT2D eigenvalue weighted by Gasteiger charge is 2.01. The summed E-state index contributed by atoms with van der Waals surface area (Å²) in [6, 6.07) is 12.6. The molecule has 1 N–H and O–H groups in total. The Hall–Kier alpha value is -1.34. The zero-order chi connectivity index (χ0) is 9.97. The normalized spacial score (nSPS) is 10.7. The second-order valence-corrected chi connectivity index (χ2v) is 3.54. The molecule has 0 aliphatic heterocycles. The van der Waals surface area contributed by atoms with Crippen molar-refractivity contribution in [2.24, 2.45) is 0 Å². The van der Waals surface area contributed by atoms with Crippen molar-refractivity contribution < 1.29 is 5.11 Å². The lowest BCUT2D eigenvalue weighted by Gasteiger charge is -2.07. The zero-order valence-corrected chi connectivity index (χ0v) is 8.33. The van der Waals surface area contributed by atoms with E-state index >= 15 is 0 Å². The third-order valence-electron chi connectivity index (χ3n) is 2.69. The maximum Gasteiger partial charge on any atom is 0.0471 e. The highest BCUT2D eigenvalue weighted by Crippen LogP contribution is 2.21. The van der Waals surface area contributed by atoms with E-state index in [-0.39, 0.29) is 6.61 Å². The van der Waals surface area contributed by atoms with Crippen LogP contribution in [0.2, 0.25) is 0 Å². The van der Waals surface area contributed by atoms with Gasteiger partial charge in [0, 0.05) is 6.61 Å². The fourth-order valence-electron chi connectivity index (χ4n) is 1.86. The molecule has 2 aromatic carbocycles. The van der Waals surface area contributed by atoms with Crippen molar-refractivity contribution in [3.05, 3.63) is 47.5 Å². The Bertz CT molecular complexity index is 446. The van der Waals surface area contributed by atoms with Gasteiger partial charge in [-0.15, -0.1) is 0 Å². The molecule has 72 valence electrons. The lowest BCUT2D eigenvalue weighted by atomic mass is 9.98. The van der Waals surface area contributed by atoms with Crippen molar-refractivity contribution in [2.75, 3.05) is 6.61 Å². The molecule has 0 atom stereocenters. The Morgan fingerprint density at radius 2 is 1.86 bits per heavy atom.